The van der Waals surface area contributed by atoms with Crippen LogP contribution >= 0.6 is 11.3 Å². The smallest absolute Gasteiger partial charge is 0.129 e. The van der Waals surface area contributed by atoms with E-state index in [-0.39, 0.29) is 0 Å². The fourth-order valence-corrected chi connectivity index (χ4v) is 5.70. The number of nitrogens with zero attached hydrogens (tertiary/aromatic N) is 2. The molecule has 0 atom stereocenters. The van der Waals surface area contributed by atoms with E-state index in [1.807, 2.05) is 6.07 Å². The molecule has 0 aliphatic rings. The van der Waals surface area contributed by atoms with Crippen molar-refractivity contribution in [2.75, 3.05) is 4.90 Å². The lowest BCUT2D eigenvalue weighted by atomic mass is 10.0. The second kappa shape index (κ2) is 10.3. The molecule has 0 aliphatic carbocycles. The Labute approximate surface area is 222 Å². The molecule has 178 valence electrons. The highest BCUT2D eigenvalue weighted by molar-refractivity contribution is 7.19. The largest absolute Gasteiger partial charge is 0.300 e. The van der Waals surface area contributed by atoms with Crippen LogP contribution in [0.2, 0.25) is 0 Å². The summed E-state index contributed by atoms with van der Waals surface area (Å²) in [4.78, 5) is 7.58. The van der Waals surface area contributed by atoms with Gasteiger partial charge in [-0.2, -0.15) is 0 Å². The highest BCUT2D eigenvalue weighted by Crippen LogP contribution is 2.47. The lowest BCUT2D eigenvalue weighted by Gasteiger charge is -2.24. The van der Waals surface area contributed by atoms with Gasteiger partial charge in [0.15, 0.2) is 0 Å². The number of thiazole rings is 1. The zero-order valence-corrected chi connectivity index (χ0v) is 21.4. The van der Waals surface area contributed by atoms with Crippen molar-refractivity contribution in [3.63, 3.8) is 0 Å². The summed E-state index contributed by atoms with van der Waals surface area (Å²) in [5.41, 5.74) is 9.12. The van der Waals surface area contributed by atoms with E-state index in [9.17, 15) is 0 Å². The van der Waals surface area contributed by atoms with Gasteiger partial charge >= 0.3 is 0 Å². The van der Waals surface area contributed by atoms with Gasteiger partial charge in [0.05, 0.1) is 0 Å². The minimum absolute atomic E-state index is 0.998. The predicted octanol–water partition coefficient (Wildman–Crippen LogP) is 9.92. The molecule has 0 bridgehead atoms. The van der Waals surface area contributed by atoms with Gasteiger partial charge in [-0.15, -0.1) is 0 Å². The second-order valence-corrected chi connectivity index (χ2v) is 9.92. The van der Waals surface area contributed by atoms with Crippen LogP contribution in [0.5, 0.6) is 0 Å². The molecule has 0 aliphatic heterocycles. The van der Waals surface area contributed by atoms with Gasteiger partial charge in [-0.1, -0.05) is 127 Å². The highest BCUT2D eigenvalue weighted by atomic mass is 32.1. The van der Waals surface area contributed by atoms with Crippen molar-refractivity contribution in [3.05, 3.63) is 145 Å². The lowest BCUT2D eigenvalue weighted by Crippen LogP contribution is -2.09. The molecule has 1 heterocycles. The maximum atomic E-state index is 5.26. The summed E-state index contributed by atoms with van der Waals surface area (Å²) in [7, 11) is 0. The molecule has 0 saturated heterocycles. The number of rotatable bonds is 6. The van der Waals surface area contributed by atoms with Crippen molar-refractivity contribution < 1.29 is 0 Å². The van der Waals surface area contributed by atoms with Crippen molar-refractivity contribution in [2.45, 2.75) is 6.92 Å². The number of hydrogen-bond donors (Lipinski definition) is 0. The number of aryl methyl sites for hydroxylation is 1. The van der Waals surface area contributed by atoms with Crippen LogP contribution < -0.4 is 4.90 Å². The highest BCUT2D eigenvalue weighted by Gasteiger charge is 2.23. The molecule has 5 aromatic carbocycles. The first-order chi connectivity index (χ1) is 18.3. The van der Waals surface area contributed by atoms with Crippen molar-refractivity contribution in [3.8, 4) is 33.0 Å². The van der Waals surface area contributed by atoms with E-state index in [4.69, 9.17) is 4.98 Å². The fourth-order valence-electron chi connectivity index (χ4n) is 4.57. The Bertz CT molecular complexity index is 1570. The summed E-state index contributed by atoms with van der Waals surface area (Å²) < 4.78 is 0. The van der Waals surface area contributed by atoms with E-state index < -0.39 is 0 Å². The van der Waals surface area contributed by atoms with E-state index in [2.05, 4.69) is 145 Å². The number of anilines is 3. The average molecular weight is 495 g/mol. The summed E-state index contributed by atoms with van der Waals surface area (Å²) >= 11 is 1.73. The fraction of sp³-hybridized carbons (Fsp3) is 0.0294. The Kier molecular flexibility index (Phi) is 6.36. The molecule has 6 rings (SSSR count). The predicted molar refractivity (Wildman–Crippen MR) is 158 cm³/mol. The van der Waals surface area contributed by atoms with Gasteiger partial charge in [-0.25, -0.2) is 4.98 Å². The lowest BCUT2D eigenvalue weighted by molar-refractivity contribution is 1.28. The Morgan fingerprint density at radius 3 is 1.59 bits per heavy atom. The standard InChI is InChI=1S/C34H26N2S/c1-25-13-11-12-20-31(25)32-34(36(29-16-7-3-8-17-29)30-18-9-4-10-19-30)37-33(35-32)28-23-21-27(22-24-28)26-14-5-2-6-15-26/h2-24H,1H3. The number of aromatic nitrogens is 1. The summed E-state index contributed by atoms with van der Waals surface area (Å²) in [6.07, 6.45) is 0. The van der Waals surface area contributed by atoms with Crippen LogP contribution in [0.4, 0.5) is 16.4 Å². The second-order valence-electron chi connectivity index (χ2n) is 8.94. The van der Waals surface area contributed by atoms with Crippen molar-refractivity contribution in [1.29, 1.82) is 0 Å². The van der Waals surface area contributed by atoms with Crippen LogP contribution in [0.1, 0.15) is 5.56 Å². The van der Waals surface area contributed by atoms with Gasteiger partial charge in [0.1, 0.15) is 15.7 Å². The van der Waals surface area contributed by atoms with Crippen molar-refractivity contribution in [1.82, 2.24) is 4.98 Å². The maximum absolute atomic E-state index is 5.26. The zero-order valence-electron chi connectivity index (χ0n) is 20.6. The first-order valence-electron chi connectivity index (χ1n) is 12.4. The molecular weight excluding hydrogens is 468 g/mol. The summed E-state index contributed by atoms with van der Waals surface area (Å²) in [5.74, 6) is 0. The quantitative estimate of drug-likeness (QED) is 0.229. The molecule has 0 saturated carbocycles. The van der Waals surface area contributed by atoms with Gasteiger partial charge in [-0.3, -0.25) is 0 Å². The van der Waals surface area contributed by atoms with Gasteiger partial charge in [0, 0.05) is 22.5 Å². The van der Waals surface area contributed by atoms with Crippen LogP contribution in [0, 0.1) is 6.92 Å². The van der Waals surface area contributed by atoms with Crippen LogP contribution in [0.15, 0.2) is 140 Å². The minimum atomic E-state index is 0.998. The molecule has 0 N–H and O–H groups in total. The molecule has 0 unspecified atom stereocenters. The van der Waals surface area contributed by atoms with Crippen LogP contribution in [-0.4, -0.2) is 4.98 Å². The molecule has 0 spiro atoms. The van der Waals surface area contributed by atoms with Gasteiger partial charge < -0.3 is 4.90 Å². The van der Waals surface area contributed by atoms with Crippen LogP contribution in [-0.2, 0) is 0 Å². The third-order valence-electron chi connectivity index (χ3n) is 6.48. The number of benzene rings is 5. The maximum Gasteiger partial charge on any atom is 0.129 e. The molecule has 37 heavy (non-hydrogen) atoms. The Morgan fingerprint density at radius 2 is 1.00 bits per heavy atom. The molecule has 3 heteroatoms. The minimum Gasteiger partial charge on any atom is -0.300 e. The van der Waals surface area contributed by atoms with Crippen LogP contribution in [0.3, 0.4) is 0 Å². The van der Waals surface area contributed by atoms with Crippen molar-refractivity contribution >= 4 is 27.7 Å². The number of hydrogen-bond acceptors (Lipinski definition) is 3. The SMILES string of the molecule is Cc1ccccc1-c1nc(-c2ccc(-c3ccccc3)cc2)sc1N(c1ccccc1)c1ccccc1. The average Bonchev–Trinajstić information content (AvgIpc) is 3.40. The summed E-state index contributed by atoms with van der Waals surface area (Å²) in [5, 5.41) is 2.11. The third kappa shape index (κ3) is 4.69. The van der Waals surface area contributed by atoms with Gasteiger partial charge in [0.2, 0.25) is 0 Å². The number of para-hydroxylation sites is 2. The normalized spacial score (nSPS) is 10.8. The molecule has 0 amide bonds. The summed E-state index contributed by atoms with van der Waals surface area (Å²) in [6, 6.07) is 48.8. The van der Waals surface area contributed by atoms with E-state index in [0.29, 0.717) is 0 Å². The molecular formula is C34H26N2S. The van der Waals surface area contributed by atoms with E-state index in [0.717, 1.165) is 38.2 Å². The Hall–Kier alpha value is -4.47. The van der Waals surface area contributed by atoms with E-state index in [1.165, 1.54) is 16.7 Å². The van der Waals surface area contributed by atoms with E-state index in [1.54, 1.807) is 11.3 Å². The van der Waals surface area contributed by atoms with E-state index >= 15 is 0 Å². The first kappa shape index (κ1) is 23.0. The molecule has 0 radical (unpaired) electrons. The van der Waals surface area contributed by atoms with Gasteiger partial charge in [-0.05, 0) is 47.9 Å². The Balaban J connectivity index is 1.52. The molecule has 2 nitrogen and oxygen atoms in total. The van der Waals surface area contributed by atoms with Crippen LogP contribution in [0.25, 0.3) is 33.0 Å². The van der Waals surface area contributed by atoms with Gasteiger partial charge in [0.25, 0.3) is 0 Å². The van der Waals surface area contributed by atoms with Crippen molar-refractivity contribution in [2.24, 2.45) is 0 Å². The first-order valence-corrected chi connectivity index (χ1v) is 13.2. The molecule has 6 aromatic rings. The Morgan fingerprint density at radius 1 is 0.514 bits per heavy atom. The monoisotopic (exact) mass is 494 g/mol. The topological polar surface area (TPSA) is 16.1 Å². The zero-order chi connectivity index (χ0) is 25.0. The molecule has 1 aromatic heterocycles. The third-order valence-corrected chi connectivity index (χ3v) is 7.57. The summed E-state index contributed by atoms with van der Waals surface area (Å²) in [6.45, 7) is 2.15. The molecule has 0 fully saturated rings.